The molecule has 0 aliphatic heterocycles. The molecule has 2 aromatic heterocycles. The van der Waals surface area contributed by atoms with Gasteiger partial charge in [-0.2, -0.15) is 0 Å². The lowest BCUT2D eigenvalue weighted by molar-refractivity contribution is 0.102. The average Bonchev–Trinajstić information content (AvgIpc) is 2.83. The molecule has 0 bridgehead atoms. The first-order valence-corrected chi connectivity index (χ1v) is 7.22. The van der Waals surface area contributed by atoms with Crippen LogP contribution in [0.15, 0.2) is 16.7 Å². The number of aromatic nitrogens is 3. The number of rotatable bonds is 4. The zero-order valence-electron chi connectivity index (χ0n) is 10.4. The largest absolute Gasteiger partial charge is 0.360 e. The maximum Gasteiger partial charge on any atom is 0.287 e. The van der Waals surface area contributed by atoms with Crippen LogP contribution in [0.2, 0.25) is 0 Å². The summed E-state index contributed by atoms with van der Waals surface area (Å²) in [6.45, 7) is 4.62. The van der Waals surface area contributed by atoms with E-state index in [1.54, 1.807) is 12.3 Å². The molecule has 0 aliphatic rings. The molecular weight excluding hydrogens is 330 g/mol. The topological polar surface area (TPSA) is 79.8 Å². The second-order valence-electron chi connectivity index (χ2n) is 3.72. The minimum atomic E-state index is -0.309. The van der Waals surface area contributed by atoms with Crippen LogP contribution in [0, 0.1) is 6.92 Å². The van der Waals surface area contributed by atoms with Gasteiger partial charge in [0.15, 0.2) is 0 Å². The summed E-state index contributed by atoms with van der Waals surface area (Å²) in [4.78, 5) is 16.1. The third-order valence-electron chi connectivity index (χ3n) is 2.24. The second-order valence-corrected chi connectivity index (χ2v) is 5.55. The lowest BCUT2D eigenvalue weighted by Crippen LogP contribution is -2.12. The van der Waals surface area contributed by atoms with Crippen molar-refractivity contribution in [2.75, 3.05) is 17.2 Å². The quantitative estimate of drug-likeness (QED) is 0.893. The molecule has 2 N–H and O–H groups in total. The highest BCUT2D eigenvalue weighted by molar-refractivity contribution is 9.10. The van der Waals surface area contributed by atoms with E-state index in [4.69, 9.17) is 0 Å². The van der Waals surface area contributed by atoms with E-state index in [9.17, 15) is 4.79 Å². The van der Waals surface area contributed by atoms with E-state index in [-0.39, 0.29) is 5.91 Å². The Morgan fingerprint density at radius 3 is 2.95 bits per heavy atom. The Morgan fingerprint density at radius 1 is 1.47 bits per heavy atom. The van der Waals surface area contributed by atoms with Crippen molar-refractivity contribution in [3.8, 4) is 0 Å². The van der Waals surface area contributed by atoms with Crippen LogP contribution in [0.5, 0.6) is 0 Å². The lowest BCUT2D eigenvalue weighted by atomic mass is 10.3. The van der Waals surface area contributed by atoms with Gasteiger partial charge in [0.25, 0.3) is 5.91 Å². The number of hydrogen-bond donors (Lipinski definition) is 2. The Morgan fingerprint density at radius 2 is 2.26 bits per heavy atom. The van der Waals surface area contributed by atoms with Crippen LogP contribution in [-0.2, 0) is 0 Å². The smallest absolute Gasteiger partial charge is 0.287 e. The molecule has 0 spiro atoms. The van der Waals surface area contributed by atoms with Crippen molar-refractivity contribution in [3.05, 3.63) is 27.3 Å². The Balaban J connectivity index is 2.09. The molecule has 0 saturated carbocycles. The fraction of sp³-hybridized carbons (Fsp3) is 0.273. The van der Waals surface area contributed by atoms with Gasteiger partial charge in [-0.15, -0.1) is 10.2 Å². The molecule has 0 unspecified atom stereocenters. The molecule has 0 fully saturated rings. The van der Waals surface area contributed by atoms with Crippen LogP contribution in [-0.4, -0.2) is 27.6 Å². The summed E-state index contributed by atoms with van der Waals surface area (Å²) in [6.07, 6.45) is 1.65. The number of amides is 1. The van der Waals surface area contributed by atoms with Crippen LogP contribution in [0.25, 0.3) is 0 Å². The summed E-state index contributed by atoms with van der Waals surface area (Å²) >= 11 is 4.57. The number of pyridine rings is 1. The van der Waals surface area contributed by atoms with E-state index < -0.39 is 0 Å². The minimum absolute atomic E-state index is 0.304. The van der Waals surface area contributed by atoms with Gasteiger partial charge in [0.1, 0.15) is 5.82 Å². The first-order chi connectivity index (χ1) is 9.10. The van der Waals surface area contributed by atoms with Crippen LogP contribution in [0.3, 0.4) is 0 Å². The summed E-state index contributed by atoms with van der Waals surface area (Å²) < 4.78 is 0.899. The number of nitrogens with zero attached hydrogens (tertiary/aromatic N) is 3. The molecule has 6 nitrogen and oxygen atoms in total. The zero-order valence-corrected chi connectivity index (χ0v) is 12.8. The van der Waals surface area contributed by atoms with Crippen molar-refractivity contribution in [2.24, 2.45) is 0 Å². The van der Waals surface area contributed by atoms with Gasteiger partial charge >= 0.3 is 0 Å². The van der Waals surface area contributed by atoms with Gasteiger partial charge in [0, 0.05) is 17.2 Å². The SMILES string of the molecule is CCNc1nnc(C(=O)Nc2cc(C)c(Br)cn2)s1. The van der Waals surface area contributed by atoms with Crippen LogP contribution in [0.4, 0.5) is 10.9 Å². The molecule has 0 atom stereocenters. The van der Waals surface area contributed by atoms with Gasteiger partial charge < -0.3 is 10.6 Å². The fourth-order valence-electron chi connectivity index (χ4n) is 1.32. The van der Waals surface area contributed by atoms with Gasteiger partial charge in [-0.1, -0.05) is 11.3 Å². The number of hydrogen-bond acceptors (Lipinski definition) is 6. The molecule has 19 heavy (non-hydrogen) atoms. The number of carbonyl (C=O) groups excluding carboxylic acids is 1. The normalized spacial score (nSPS) is 10.3. The van der Waals surface area contributed by atoms with Crippen molar-refractivity contribution >= 4 is 44.1 Å². The second kappa shape index (κ2) is 6.07. The van der Waals surface area contributed by atoms with Gasteiger partial charge in [-0.05, 0) is 41.4 Å². The molecule has 2 aromatic rings. The van der Waals surface area contributed by atoms with Crippen LogP contribution < -0.4 is 10.6 Å². The summed E-state index contributed by atoms with van der Waals surface area (Å²) in [6, 6.07) is 1.79. The molecule has 0 radical (unpaired) electrons. The predicted molar refractivity (Wildman–Crippen MR) is 78.7 cm³/mol. The van der Waals surface area contributed by atoms with Crippen molar-refractivity contribution in [2.45, 2.75) is 13.8 Å². The Kier molecular flexibility index (Phi) is 4.43. The molecule has 1 amide bonds. The monoisotopic (exact) mass is 341 g/mol. The summed E-state index contributed by atoms with van der Waals surface area (Å²) in [5.74, 6) is 0.182. The van der Waals surface area contributed by atoms with Crippen molar-refractivity contribution in [1.29, 1.82) is 0 Å². The third-order valence-corrected chi connectivity index (χ3v) is 3.95. The van der Waals surface area contributed by atoms with E-state index in [2.05, 4.69) is 41.7 Å². The van der Waals surface area contributed by atoms with E-state index in [1.807, 2.05) is 13.8 Å². The van der Waals surface area contributed by atoms with Gasteiger partial charge in [-0.25, -0.2) is 4.98 Å². The Labute approximate surface area is 122 Å². The molecule has 2 rings (SSSR count). The van der Waals surface area contributed by atoms with Crippen molar-refractivity contribution in [3.63, 3.8) is 0 Å². The molecule has 8 heteroatoms. The Hall–Kier alpha value is -1.54. The molecule has 100 valence electrons. The number of halogens is 1. The lowest BCUT2D eigenvalue weighted by Gasteiger charge is -2.03. The maximum absolute atomic E-state index is 11.9. The highest BCUT2D eigenvalue weighted by Crippen LogP contribution is 2.19. The standard InChI is InChI=1S/C11H12BrN5OS/c1-3-13-11-17-16-10(19-11)9(18)15-8-4-6(2)7(12)5-14-8/h4-5H,3H2,1-2H3,(H,13,17)(H,14,15,18). The molecule has 0 aromatic carbocycles. The summed E-state index contributed by atoms with van der Waals surface area (Å²) in [7, 11) is 0. The molecule has 0 saturated heterocycles. The maximum atomic E-state index is 11.9. The van der Waals surface area contributed by atoms with Crippen LogP contribution >= 0.6 is 27.3 Å². The summed E-state index contributed by atoms with van der Waals surface area (Å²) in [5, 5.41) is 14.3. The first-order valence-electron chi connectivity index (χ1n) is 5.61. The number of carbonyl (C=O) groups is 1. The van der Waals surface area contributed by atoms with Gasteiger partial charge in [0.05, 0.1) is 0 Å². The van der Waals surface area contributed by atoms with Crippen LogP contribution in [0.1, 0.15) is 22.3 Å². The Bertz CT molecular complexity index is 601. The highest BCUT2D eigenvalue weighted by atomic mass is 79.9. The van der Waals surface area contributed by atoms with Gasteiger partial charge in [0.2, 0.25) is 10.1 Å². The molecule has 2 heterocycles. The van der Waals surface area contributed by atoms with E-state index in [0.29, 0.717) is 16.0 Å². The first kappa shape index (κ1) is 13.9. The van der Waals surface area contributed by atoms with Gasteiger partial charge in [-0.3, -0.25) is 4.79 Å². The highest BCUT2D eigenvalue weighted by Gasteiger charge is 2.13. The van der Waals surface area contributed by atoms with E-state index >= 15 is 0 Å². The van der Waals surface area contributed by atoms with Crippen molar-refractivity contribution < 1.29 is 4.79 Å². The zero-order chi connectivity index (χ0) is 13.8. The predicted octanol–water partition coefficient (Wildman–Crippen LogP) is 2.69. The molecule has 0 aliphatic carbocycles. The number of aryl methyl sites for hydroxylation is 1. The fourth-order valence-corrected chi connectivity index (χ4v) is 2.24. The third kappa shape index (κ3) is 3.48. The molecular formula is C11H12BrN5OS. The summed E-state index contributed by atoms with van der Waals surface area (Å²) in [5.41, 5.74) is 0.996. The van der Waals surface area contributed by atoms with E-state index in [1.165, 1.54) is 11.3 Å². The van der Waals surface area contributed by atoms with E-state index in [0.717, 1.165) is 16.6 Å². The number of nitrogens with one attached hydrogen (secondary N) is 2. The number of anilines is 2. The average molecular weight is 342 g/mol. The minimum Gasteiger partial charge on any atom is -0.360 e. The van der Waals surface area contributed by atoms with Crippen molar-refractivity contribution in [1.82, 2.24) is 15.2 Å².